The van der Waals surface area contributed by atoms with E-state index in [9.17, 15) is 6.48 Å². The number of rotatable bonds is 10. The maximum absolute atomic E-state index is 12.3. The Bertz CT molecular complexity index is 3280. The molecule has 7 aromatic carbocycles. The standard InChI is InChI=1S/C62H60N3O.Pt/c1-38(2)45-34-54(40(5)6)60(66)55(35-45)61-64-59-50(20-16-22-58(59)65(61)49-27-28-51(53(37-49)39(3)4)52-19-14-15-21-56(52)62(8,9)10)47-31-46(42-17-12-11-13-18-42)32-48(33-47)57-36-44(29-30-63-57)43-25-23-41(7)24-26-43;/h11-32,34-40,66H,1-10H3;/q-1;/i39D;. The SMILES string of the molecule is [2H]C(C)(C)c1cc(-n2c(-c3cc(C(C)C)cc(C(C)C)c3O)nc3c(-c4[c-]c(-c5cc(-c6ccc(C)cc6)ccn5)cc(-c5ccccc5)c4)cccc32)ccc1-c1ccccc1C(C)(C)C.[Pt]. The number of phenolic OH excluding ortho intramolecular Hbond substituents is 1. The Morgan fingerprint density at radius 1 is 0.597 bits per heavy atom. The zero-order chi connectivity index (χ0) is 47.4. The van der Waals surface area contributed by atoms with Crippen LogP contribution in [-0.2, 0) is 26.5 Å². The van der Waals surface area contributed by atoms with Crippen molar-refractivity contribution in [1.82, 2.24) is 14.5 Å². The molecular weight excluding hydrogens is 998 g/mol. The second-order valence-electron chi connectivity index (χ2n) is 19.6. The monoisotopic (exact) mass is 1060 g/mol. The van der Waals surface area contributed by atoms with Gasteiger partial charge in [-0.05, 0) is 110 Å². The molecule has 0 aliphatic carbocycles. The second-order valence-corrected chi connectivity index (χ2v) is 19.6. The molecule has 67 heavy (non-hydrogen) atoms. The summed E-state index contributed by atoms with van der Waals surface area (Å²) in [7, 11) is 0. The Morgan fingerprint density at radius 2 is 1.28 bits per heavy atom. The number of aromatic nitrogens is 3. The molecule has 5 heteroatoms. The predicted molar refractivity (Wildman–Crippen MR) is 278 cm³/mol. The Hall–Kier alpha value is -6.35. The minimum atomic E-state index is -0.948. The van der Waals surface area contributed by atoms with E-state index in [4.69, 9.17) is 9.97 Å². The van der Waals surface area contributed by atoms with Crippen molar-refractivity contribution in [3.63, 3.8) is 0 Å². The van der Waals surface area contributed by atoms with Crippen LogP contribution >= 0.6 is 0 Å². The van der Waals surface area contributed by atoms with Gasteiger partial charge in [0.2, 0.25) is 0 Å². The normalized spacial score (nSPS) is 12.1. The van der Waals surface area contributed by atoms with Crippen LogP contribution in [0.15, 0.2) is 158 Å². The number of aryl methyl sites for hydroxylation is 1. The molecule has 0 fully saturated rings. The average molecular weight is 1060 g/mol. The Labute approximate surface area is 413 Å². The minimum absolute atomic E-state index is 0. The van der Waals surface area contributed by atoms with Crippen molar-refractivity contribution >= 4 is 11.0 Å². The topological polar surface area (TPSA) is 50.9 Å². The first-order valence-electron chi connectivity index (χ1n) is 23.8. The molecule has 4 nitrogen and oxygen atoms in total. The van der Waals surface area contributed by atoms with Crippen molar-refractivity contribution in [1.29, 1.82) is 0 Å². The van der Waals surface area contributed by atoms with E-state index in [1.807, 2.05) is 26.1 Å². The van der Waals surface area contributed by atoms with Gasteiger partial charge in [-0.2, -0.15) is 0 Å². The molecule has 0 unspecified atom stereocenters. The van der Waals surface area contributed by atoms with Crippen LogP contribution in [0.25, 0.3) is 83.9 Å². The summed E-state index contributed by atoms with van der Waals surface area (Å²) in [5.74, 6) is 0.212. The summed E-state index contributed by atoms with van der Waals surface area (Å²) in [6.07, 6.45) is 1.88. The third kappa shape index (κ3) is 9.34. The van der Waals surface area contributed by atoms with Gasteiger partial charge < -0.3 is 5.11 Å². The number of imidazole rings is 1. The van der Waals surface area contributed by atoms with Crippen LogP contribution in [0.1, 0.15) is 109 Å². The quantitative estimate of drug-likeness (QED) is 0.139. The van der Waals surface area contributed by atoms with Gasteiger partial charge in [0.15, 0.2) is 0 Å². The van der Waals surface area contributed by atoms with E-state index in [2.05, 4.69) is 212 Å². The minimum Gasteiger partial charge on any atom is -0.507 e. The molecule has 0 atom stereocenters. The van der Waals surface area contributed by atoms with Gasteiger partial charge in [-0.1, -0.05) is 194 Å². The number of fused-ring (bicyclic) bond motifs is 1. The number of aromatic hydroxyl groups is 1. The van der Waals surface area contributed by atoms with E-state index < -0.39 is 5.89 Å². The van der Waals surface area contributed by atoms with Crippen LogP contribution in [0.3, 0.4) is 0 Å². The van der Waals surface area contributed by atoms with E-state index in [0.29, 0.717) is 11.4 Å². The van der Waals surface area contributed by atoms with Crippen LogP contribution in [0.5, 0.6) is 5.75 Å². The number of phenols is 1. The van der Waals surface area contributed by atoms with Gasteiger partial charge in [0.05, 0.1) is 16.6 Å². The summed E-state index contributed by atoms with van der Waals surface area (Å²) >= 11 is 0. The smallest absolute Gasteiger partial charge is 0.148 e. The van der Waals surface area contributed by atoms with Crippen LogP contribution in [0.4, 0.5) is 0 Å². The van der Waals surface area contributed by atoms with Gasteiger partial charge in [0, 0.05) is 40.0 Å². The molecule has 0 amide bonds. The maximum Gasteiger partial charge on any atom is 0.148 e. The first-order valence-corrected chi connectivity index (χ1v) is 23.3. The van der Waals surface area contributed by atoms with Crippen LogP contribution < -0.4 is 0 Å². The molecule has 0 radical (unpaired) electrons. The Kier molecular flexibility index (Phi) is 13.1. The fourth-order valence-corrected chi connectivity index (χ4v) is 9.23. The molecule has 0 saturated carbocycles. The summed E-state index contributed by atoms with van der Waals surface area (Å²) in [5, 5.41) is 12.3. The number of hydrogen-bond acceptors (Lipinski definition) is 3. The fraction of sp³-hybridized carbons (Fsp3) is 0.226. The van der Waals surface area contributed by atoms with Crippen molar-refractivity contribution in [2.24, 2.45) is 0 Å². The van der Waals surface area contributed by atoms with Crippen molar-refractivity contribution < 1.29 is 27.5 Å². The van der Waals surface area contributed by atoms with E-state index in [-0.39, 0.29) is 44.1 Å². The summed E-state index contributed by atoms with van der Waals surface area (Å²) in [5.41, 5.74) is 18.4. The first kappa shape index (κ1) is 45.8. The molecule has 0 saturated heterocycles. The summed E-state index contributed by atoms with van der Waals surface area (Å²) in [6, 6.07) is 57.1. The maximum atomic E-state index is 12.3. The average Bonchev–Trinajstić information content (AvgIpc) is 3.71. The summed E-state index contributed by atoms with van der Waals surface area (Å²) in [4.78, 5) is 10.5. The number of para-hydroxylation sites is 1. The summed E-state index contributed by atoms with van der Waals surface area (Å²) < 4.78 is 11.8. The molecule has 2 heterocycles. The molecular formula is C62H60N3OPt-. The third-order valence-electron chi connectivity index (χ3n) is 12.9. The van der Waals surface area contributed by atoms with Crippen molar-refractivity contribution in [3.8, 4) is 78.6 Å². The molecule has 0 aliphatic rings. The van der Waals surface area contributed by atoms with Crippen molar-refractivity contribution in [2.45, 2.75) is 92.4 Å². The number of benzene rings is 7. The van der Waals surface area contributed by atoms with Crippen LogP contribution in [-0.4, -0.2) is 19.6 Å². The van der Waals surface area contributed by atoms with Gasteiger partial charge in [-0.25, -0.2) is 4.98 Å². The van der Waals surface area contributed by atoms with Gasteiger partial charge in [0.25, 0.3) is 0 Å². The van der Waals surface area contributed by atoms with Gasteiger partial charge in [-0.15, -0.1) is 23.8 Å². The van der Waals surface area contributed by atoms with Crippen LogP contribution in [0, 0.1) is 13.0 Å². The van der Waals surface area contributed by atoms with Crippen molar-refractivity contribution in [2.75, 3.05) is 0 Å². The molecule has 1 N–H and O–H groups in total. The number of pyridine rings is 1. The van der Waals surface area contributed by atoms with Gasteiger partial charge >= 0.3 is 0 Å². The van der Waals surface area contributed by atoms with Gasteiger partial charge in [-0.3, -0.25) is 9.55 Å². The third-order valence-corrected chi connectivity index (χ3v) is 12.9. The zero-order valence-electron chi connectivity index (χ0n) is 41.3. The zero-order valence-corrected chi connectivity index (χ0v) is 42.5. The molecule has 340 valence electrons. The second kappa shape index (κ2) is 19.1. The molecule has 0 spiro atoms. The molecule has 0 aliphatic heterocycles. The van der Waals surface area contributed by atoms with E-state index in [0.717, 1.165) is 89.2 Å². The fourth-order valence-electron chi connectivity index (χ4n) is 9.23. The predicted octanol–water partition coefficient (Wildman–Crippen LogP) is 16.9. The molecule has 0 bridgehead atoms. The Balaban J connectivity index is 0.00000625. The van der Waals surface area contributed by atoms with Crippen LogP contribution in [0.2, 0.25) is 0 Å². The van der Waals surface area contributed by atoms with Gasteiger partial charge in [0.1, 0.15) is 11.6 Å². The Morgan fingerprint density at radius 3 is 1.99 bits per heavy atom. The number of hydrogen-bond donors (Lipinski definition) is 1. The van der Waals surface area contributed by atoms with Crippen molar-refractivity contribution in [3.05, 3.63) is 192 Å². The largest absolute Gasteiger partial charge is 0.507 e. The summed E-state index contributed by atoms with van der Waals surface area (Å²) in [6.45, 7) is 21.4. The van der Waals surface area contributed by atoms with E-state index in [1.54, 1.807) is 0 Å². The van der Waals surface area contributed by atoms with E-state index in [1.165, 1.54) is 11.1 Å². The molecule has 2 aromatic heterocycles. The molecule has 9 rings (SSSR count). The first-order chi connectivity index (χ1) is 32.0. The van der Waals surface area contributed by atoms with E-state index >= 15 is 0 Å². The molecule has 9 aromatic rings. The number of nitrogens with zero attached hydrogens (tertiary/aromatic N) is 3.